The Bertz CT molecular complexity index is 597. The molecule has 0 spiro atoms. The monoisotopic (exact) mass is 288 g/mol. The fraction of sp³-hybridized carbons (Fsp3) is 0.364. The number of benzene rings is 1. The maximum Gasteiger partial charge on any atom is 0.337 e. The van der Waals surface area contributed by atoms with Crippen LogP contribution in [0.1, 0.15) is 23.2 Å². The Balaban J connectivity index is 2.30. The van der Waals surface area contributed by atoms with Gasteiger partial charge in [0, 0.05) is 13.1 Å². The SMILES string of the molecule is O=C(O)c1cc(F)ccc1NS(=O)(=O)N1CCCC1. The summed E-state index contributed by atoms with van der Waals surface area (Å²) in [5.74, 6) is -2.12. The maximum absolute atomic E-state index is 13.0. The van der Waals surface area contributed by atoms with Crippen molar-refractivity contribution in [3.63, 3.8) is 0 Å². The van der Waals surface area contributed by atoms with Gasteiger partial charge in [-0.25, -0.2) is 9.18 Å². The number of hydrogen-bond acceptors (Lipinski definition) is 3. The standard InChI is InChI=1S/C11H13FN2O4S/c12-8-3-4-10(9(7-8)11(15)16)13-19(17,18)14-5-1-2-6-14/h3-4,7,13H,1-2,5-6H2,(H,15,16). The minimum absolute atomic E-state index is 0.138. The Morgan fingerprint density at radius 3 is 2.53 bits per heavy atom. The normalized spacial score (nSPS) is 16.5. The molecule has 19 heavy (non-hydrogen) atoms. The van der Waals surface area contributed by atoms with Gasteiger partial charge in [0.1, 0.15) is 5.82 Å². The predicted molar refractivity (Wildman–Crippen MR) is 66.7 cm³/mol. The Morgan fingerprint density at radius 2 is 1.95 bits per heavy atom. The summed E-state index contributed by atoms with van der Waals surface area (Å²) < 4.78 is 40.4. The fourth-order valence-electron chi connectivity index (χ4n) is 1.91. The van der Waals surface area contributed by atoms with E-state index in [4.69, 9.17) is 5.11 Å². The van der Waals surface area contributed by atoms with Crippen LogP contribution in [0.3, 0.4) is 0 Å². The van der Waals surface area contributed by atoms with E-state index in [0.717, 1.165) is 31.0 Å². The number of carboxylic acid groups (broad SMARTS) is 1. The number of rotatable bonds is 4. The number of hydrogen-bond donors (Lipinski definition) is 2. The molecule has 1 aromatic rings. The van der Waals surface area contributed by atoms with Crippen molar-refractivity contribution in [3.05, 3.63) is 29.6 Å². The molecule has 0 saturated carbocycles. The number of aromatic carboxylic acids is 1. The summed E-state index contributed by atoms with van der Waals surface area (Å²) in [5, 5.41) is 8.94. The second-order valence-corrected chi connectivity index (χ2v) is 5.88. The summed E-state index contributed by atoms with van der Waals surface area (Å²) in [6.07, 6.45) is 1.55. The highest BCUT2D eigenvalue weighted by atomic mass is 32.2. The molecule has 1 aliphatic heterocycles. The molecule has 1 heterocycles. The first kappa shape index (κ1) is 13.8. The van der Waals surface area contributed by atoms with E-state index in [1.54, 1.807) is 0 Å². The molecule has 8 heteroatoms. The summed E-state index contributed by atoms with van der Waals surface area (Å²) in [6.45, 7) is 0.803. The van der Waals surface area contributed by atoms with Crippen molar-refractivity contribution >= 4 is 21.9 Å². The van der Waals surface area contributed by atoms with Crippen LogP contribution < -0.4 is 4.72 Å². The molecule has 1 saturated heterocycles. The van der Waals surface area contributed by atoms with Gasteiger partial charge in [-0.15, -0.1) is 0 Å². The number of halogens is 1. The maximum atomic E-state index is 13.0. The molecule has 0 aromatic heterocycles. The number of carbonyl (C=O) groups is 1. The van der Waals surface area contributed by atoms with E-state index in [9.17, 15) is 17.6 Å². The first-order valence-corrected chi connectivity index (χ1v) is 7.15. The molecule has 0 bridgehead atoms. The summed E-state index contributed by atoms with van der Waals surface area (Å²) in [5.41, 5.74) is -0.552. The third-order valence-electron chi connectivity index (χ3n) is 2.86. The lowest BCUT2D eigenvalue weighted by Crippen LogP contribution is -2.33. The third-order valence-corrected chi connectivity index (χ3v) is 4.38. The number of anilines is 1. The van der Waals surface area contributed by atoms with E-state index in [0.29, 0.717) is 13.1 Å². The lowest BCUT2D eigenvalue weighted by atomic mass is 10.2. The minimum atomic E-state index is -3.78. The van der Waals surface area contributed by atoms with E-state index in [1.807, 2.05) is 0 Å². The number of carboxylic acids is 1. The van der Waals surface area contributed by atoms with Gasteiger partial charge in [0.15, 0.2) is 0 Å². The molecule has 6 nitrogen and oxygen atoms in total. The fourth-order valence-corrected chi connectivity index (χ4v) is 3.24. The Labute approximate surface area is 110 Å². The van der Waals surface area contributed by atoms with Gasteiger partial charge in [-0.1, -0.05) is 0 Å². The van der Waals surface area contributed by atoms with Crippen LogP contribution in [-0.4, -0.2) is 36.9 Å². The molecule has 0 unspecified atom stereocenters. The van der Waals surface area contributed by atoms with Crippen molar-refractivity contribution in [2.75, 3.05) is 17.8 Å². The molecule has 1 aliphatic rings. The van der Waals surface area contributed by atoms with Crippen LogP contribution in [0.4, 0.5) is 10.1 Å². The van der Waals surface area contributed by atoms with Crippen LogP contribution in [0.25, 0.3) is 0 Å². The molecule has 104 valence electrons. The van der Waals surface area contributed by atoms with Gasteiger partial charge in [0.2, 0.25) is 0 Å². The minimum Gasteiger partial charge on any atom is -0.478 e. The number of nitrogens with one attached hydrogen (secondary N) is 1. The lowest BCUT2D eigenvalue weighted by Gasteiger charge is -2.17. The Hall–Kier alpha value is -1.67. The molecule has 0 aliphatic carbocycles. The largest absolute Gasteiger partial charge is 0.478 e. The van der Waals surface area contributed by atoms with Gasteiger partial charge in [-0.05, 0) is 31.0 Å². The van der Waals surface area contributed by atoms with Crippen molar-refractivity contribution in [2.45, 2.75) is 12.8 Å². The van der Waals surface area contributed by atoms with Crippen molar-refractivity contribution < 1.29 is 22.7 Å². The molecular weight excluding hydrogens is 275 g/mol. The Morgan fingerprint density at radius 1 is 1.32 bits per heavy atom. The topological polar surface area (TPSA) is 86.7 Å². The second-order valence-electron chi connectivity index (χ2n) is 4.21. The zero-order valence-electron chi connectivity index (χ0n) is 9.97. The van der Waals surface area contributed by atoms with E-state index < -0.39 is 27.6 Å². The van der Waals surface area contributed by atoms with Gasteiger partial charge < -0.3 is 5.11 Å². The molecule has 0 radical (unpaired) electrons. The molecule has 1 fully saturated rings. The Kier molecular flexibility index (Phi) is 3.72. The second kappa shape index (κ2) is 5.14. The van der Waals surface area contributed by atoms with Crippen LogP contribution in [0.2, 0.25) is 0 Å². The van der Waals surface area contributed by atoms with Gasteiger partial charge in [-0.2, -0.15) is 12.7 Å². The van der Waals surface area contributed by atoms with Crippen molar-refractivity contribution in [1.29, 1.82) is 0 Å². The summed E-state index contributed by atoms with van der Waals surface area (Å²) in [6, 6.07) is 2.89. The highest BCUT2D eigenvalue weighted by molar-refractivity contribution is 7.90. The van der Waals surface area contributed by atoms with Crippen LogP contribution in [0.15, 0.2) is 18.2 Å². The zero-order chi connectivity index (χ0) is 14.0. The van der Waals surface area contributed by atoms with Crippen LogP contribution in [0.5, 0.6) is 0 Å². The zero-order valence-corrected chi connectivity index (χ0v) is 10.8. The van der Waals surface area contributed by atoms with Gasteiger partial charge >= 0.3 is 16.2 Å². The molecular formula is C11H13FN2O4S. The molecule has 2 N–H and O–H groups in total. The molecule has 1 aromatic carbocycles. The van der Waals surface area contributed by atoms with Crippen LogP contribution in [-0.2, 0) is 10.2 Å². The molecule has 0 amide bonds. The molecule has 2 rings (SSSR count). The first-order chi connectivity index (χ1) is 8.90. The van der Waals surface area contributed by atoms with E-state index in [2.05, 4.69) is 4.72 Å². The predicted octanol–water partition coefficient (Wildman–Crippen LogP) is 1.28. The van der Waals surface area contributed by atoms with E-state index >= 15 is 0 Å². The van der Waals surface area contributed by atoms with Gasteiger partial charge in [-0.3, -0.25) is 4.72 Å². The van der Waals surface area contributed by atoms with Crippen LogP contribution >= 0.6 is 0 Å². The first-order valence-electron chi connectivity index (χ1n) is 5.71. The average Bonchev–Trinajstić information content (AvgIpc) is 2.85. The van der Waals surface area contributed by atoms with Crippen molar-refractivity contribution in [1.82, 2.24) is 4.31 Å². The summed E-state index contributed by atoms with van der Waals surface area (Å²) in [4.78, 5) is 11.0. The highest BCUT2D eigenvalue weighted by Crippen LogP contribution is 2.21. The average molecular weight is 288 g/mol. The van der Waals surface area contributed by atoms with Gasteiger partial charge in [0.25, 0.3) is 0 Å². The smallest absolute Gasteiger partial charge is 0.337 e. The highest BCUT2D eigenvalue weighted by Gasteiger charge is 2.26. The molecule has 0 atom stereocenters. The van der Waals surface area contributed by atoms with Crippen LogP contribution in [0, 0.1) is 5.82 Å². The van der Waals surface area contributed by atoms with Crippen molar-refractivity contribution in [2.24, 2.45) is 0 Å². The lowest BCUT2D eigenvalue weighted by molar-refractivity contribution is 0.0697. The summed E-state index contributed by atoms with van der Waals surface area (Å²) in [7, 11) is -3.78. The van der Waals surface area contributed by atoms with E-state index in [1.165, 1.54) is 4.31 Å². The van der Waals surface area contributed by atoms with Gasteiger partial charge in [0.05, 0.1) is 11.3 Å². The summed E-state index contributed by atoms with van der Waals surface area (Å²) >= 11 is 0. The van der Waals surface area contributed by atoms with E-state index in [-0.39, 0.29) is 5.69 Å². The quantitative estimate of drug-likeness (QED) is 0.873. The number of nitrogens with zero attached hydrogens (tertiary/aromatic N) is 1. The third kappa shape index (κ3) is 3.02. The van der Waals surface area contributed by atoms with Crippen molar-refractivity contribution in [3.8, 4) is 0 Å².